The van der Waals surface area contributed by atoms with Crippen LogP contribution in [0.5, 0.6) is 0 Å². The lowest BCUT2D eigenvalue weighted by atomic mass is 10.1. The maximum absolute atomic E-state index is 4.46. The lowest BCUT2D eigenvalue weighted by Gasteiger charge is -2.06. The van der Waals surface area contributed by atoms with Gasteiger partial charge in [-0.15, -0.1) is 0 Å². The molecule has 80 valence electrons. The highest BCUT2D eigenvalue weighted by Crippen LogP contribution is 2.22. The van der Waals surface area contributed by atoms with Gasteiger partial charge in [0.2, 0.25) is 5.95 Å². The predicted molar refractivity (Wildman–Crippen MR) is 59.9 cm³/mol. The number of anilines is 1. The van der Waals surface area contributed by atoms with Crippen LogP contribution in [0.2, 0.25) is 0 Å². The van der Waals surface area contributed by atoms with Crippen molar-refractivity contribution in [1.82, 2.24) is 19.7 Å². The summed E-state index contributed by atoms with van der Waals surface area (Å²) in [7, 11) is 3.71. The fourth-order valence-corrected chi connectivity index (χ4v) is 1.59. The molecule has 0 radical (unpaired) electrons. The molecule has 0 fully saturated rings. The Bertz CT molecular complexity index is 486. The molecule has 15 heavy (non-hydrogen) atoms. The van der Waals surface area contributed by atoms with E-state index in [0.29, 0.717) is 11.9 Å². The van der Waals surface area contributed by atoms with Crippen LogP contribution in [0.1, 0.15) is 25.5 Å². The van der Waals surface area contributed by atoms with Gasteiger partial charge in [-0.25, -0.2) is 4.98 Å². The topological polar surface area (TPSA) is 55.6 Å². The number of aryl methyl sites for hydroxylation is 1. The number of nitrogens with one attached hydrogen (secondary N) is 1. The van der Waals surface area contributed by atoms with E-state index in [1.807, 2.05) is 20.3 Å². The Hall–Kier alpha value is -1.65. The van der Waals surface area contributed by atoms with Crippen molar-refractivity contribution in [2.45, 2.75) is 19.8 Å². The van der Waals surface area contributed by atoms with Gasteiger partial charge in [0.05, 0.1) is 11.1 Å². The summed E-state index contributed by atoms with van der Waals surface area (Å²) in [5.41, 5.74) is 1.79. The van der Waals surface area contributed by atoms with Crippen molar-refractivity contribution in [3.05, 3.63) is 11.9 Å². The van der Waals surface area contributed by atoms with Gasteiger partial charge in [-0.2, -0.15) is 10.1 Å². The molecule has 2 rings (SSSR count). The van der Waals surface area contributed by atoms with Gasteiger partial charge in [0.25, 0.3) is 0 Å². The average Bonchev–Trinajstić information content (AvgIpc) is 2.55. The third-order valence-electron chi connectivity index (χ3n) is 2.29. The lowest BCUT2D eigenvalue weighted by Crippen LogP contribution is -2.02. The molecule has 2 heterocycles. The number of hydrogen-bond acceptors (Lipinski definition) is 4. The summed E-state index contributed by atoms with van der Waals surface area (Å²) in [6, 6.07) is 0. The van der Waals surface area contributed by atoms with Crippen molar-refractivity contribution in [2.24, 2.45) is 7.05 Å². The van der Waals surface area contributed by atoms with Crippen molar-refractivity contribution in [1.29, 1.82) is 0 Å². The Balaban J connectivity index is 2.73. The smallest absolute Gasteiger partial charge is 0.224 e. The minimum atomic E-state index is 0.367. The first-order chi connectivity index (χ1) is 7.11. The van der Waals surface area contributed by atoms with Crippen LogP contribution >= 0.6 is 0 Å². The maximum Gasteiger partial charge on any atom is 0.224 e. The molecule has 2 aromatic rings. The number of aromatic nitrogens is 4. The molecule has 0 aromatic carbocycles. The maximum atomic E-state index is 4.46. The third kappa shape index (κ3) is 1.65. The summed E-state index contributed by atoms with van der Waals surface area (Å²) in [6.07, 6.45) is 1.96. The zero-order valence-corrected chi connectivity index (χ0v) is 9.44. The summed E-state index contributed by atoms with van der Waals surface area (Å²) >= 11 is 0. The van der Waals surface area contributed by atoms with E-state index >= 15 is 0 Å². The summed E-state index contributed by atoms with van der Waals surface area (Å²) in [5.74, 6) is 0.997. The van der Waals surface area contributed by atoms with Crippen LogP contribution in [-0.2, 0) is 7.05 Å². The Morgan fingerprint density at radius 1 is 1.33 bits per heavy atom. The molecule has 0 unspecified atom stereocenters. The standard InChI is InChI=1S/C10H15N5/c1-6(2)8-7-5-15(4)14-9(7)13-10(11-3)12-8/h5-6H,1-4H3,(H,11,13,14). The van der Waals surface area contributed by atoms with Crippen LogP contribution in [0.4, 0.5) is 5.95 Å². The van der Waals surface area contributed by atoms with Gasteiger partial charge < -0.3 is 5.32 Å². The van der Waals surface area contributed by atoms with Crippen LogP contribution in [0.3, 0.4) is 0 Å². The van der Waals surface area contributed by atoms with Gasteiger partial charge in [0.15, 0.2) is 5.65 Å². The molecule has 0 atom stereocenters. The van der Waals surface area contributed by atoms with Crippen LogP contribution in [-0.4, -0.2) is 26.8 Å². The summed E-state index contributed by atoms with van der Waals surface area (Å²) < 4.78 is 1.77. The summed E-state index contributed by atoms with van der Waals surface area (Å²) in [5, 5.41) is 8.28. The average molecular weight is 205 g/mol. The molecule has 2 aromatic heterocycles. The van der Waals surface area contributed by atoms with Gasteiger partial charge in [0, 0.05) is 20.3 Å². The second-order valence-electron chi connectivity index (χ2n) is 3.88. The van der Waals surface area contributed by atoms with Crippen molar-refractivity contribution in [3.8, 4) is 0 Å². The van der Waals surface area contributed by atoms with E-state index < -0.39 is 0 Å². The van der Waals surface area contributed by atoms with Gasteiger partial charge in [-0.1, -0.05) is 13.8 Å². The molecule has 0 saturated heterocycles. The molecule has 0 amide bonds. The third-order valence-corrected chi connectivity index (χ3v) is 2.29. The molecule has 0 bridgehead atoms. The minimum absolute atomic E-state index is 0.367. The molecule has 0 aliphatic rings. The normalized spacial score (nSPS) is 11.3. The highest BCUT2D eigenvalue weighted by atomic mass is 15.3. The van der Waals surface area contributed by atoms with Crippen LogP contribution in [0.15, 0.2) is 6.20 Å². The van der Waals surface area contributed by atoms with Gasteiger partial charge in [-0.05, 0) is 5.92 Å². The molecule has 0 aliphatic carbocycles. The van der Waals surface area contributed by atoms with Gasteiger partial charge >= 0.3 is 0 Å². The predicted octanol–water partition coefficient (Wildman–Crippen LogP) is 1.53. The summed E-state index contributed by atoms with van der Waals surface area (Å²) in [4.78, 5) is 8.76. The van der Waals surface area contributed by atoms with Crippen molar-refractivity contribution in [3.63, 3.8) is 0 Å². The van der Waals surface area contributed by atoms with E-state index in [1.54, 1.807) is 4.68 Å². The zero-order chi connectivity index (χ0) is 11.0. The number of hydrogen-bond donors (Lipinski definition) is 1. The van der Waals surface area contributed by atoms with Crippen LogP contribution in [0, 0.1) is 0 Å². The quantitative estimate of drug-likeness (QED) is 0.807. The van der Waals surface area contributed by atoms with E-state index in [4.69, 9.17) is 0 Å². The van der Waals surface area contributed by atoms with Gasteiger partial charge in [-0.3, -0.25) is 4.68 Å². The highest BCUT2D eigenvalue weighted by Gasteiger charge is 2.12. The Kier molecular flexibility index (Phi) is 2.30. The lowest BCUT2D eigenvalue weighted by molar-refractivity contribution is 0.776. The van der Waals surface area contributed by atoms with Crippen LogP contribution < -0.4 is 5.32 Å². The van der Waals surface area contributed by atoms with E-state index in [9.17, 15) is 0 Å². The van der Waals surface area contributed by atoms with Crippen molar-refractivity contribution in [2.75, 3.05) is 12.4 Å². The minimum Gasteiger partial charge on any atom is -0.357 e. The second-order valence-corrected chi connectivity index (χ2v) is 3.88. The largest absolute Gasteiger partial charge is 0.357 e. The fourth-order valence-electron chi connectivity index (χ4n) is 1.59. The molecule has 0 aliphatic heterocycles. The highest BCUT2D eigenvalue weighted by molar-refractivity contribution is 5.78. The number of nitrogens with zero attached hydrogens (tertiary/aromatic N) is 4. The fraction of sp³-hybridized carbons (Fsp3) is 0.500. The molecule has 0 spiro atoms. The first-order valence-electron chi connectivity index (χ1n) is 5.01. The van der Waals surface area contributed by atoms with E-state index in [2.05, 4.69) is 34.2 Å². The Morgan fingerprint density at radius 3 is 2.67 bits per heavy atom. The van der Waals surface area contributed by atoms with E-state index in [0.717, 1.165) is 16.7 Å². The molecular formula is C10H15N5. The Labute approximate surface area is 88.5 Å². The van der Waals surface area contributed by atoms with Crippen molar-refractivity contribution < 1.29 is 0 Å². The first-order valence-corrected chi connectivity index (χ1v) is 5.01. The molecule has 5 heteroatoms. The Morgan fingerprint density at radius 2 is 2.07 bits per heavy atom. The van der Waals surface area contributed by atoms with Crippen LogP contribution in [0.25, 0.3) is 11.0 Å². The molecule has 1 N–H and O–H groups in total. The number of fused-ring (bicyclic) bond motifs is 1. The van der Waals surface area contributed by atoms with E-state index in [-0.39, 0.29) is 0 Å². The molecular weight excluding hydrogens is 190 g/mol. The van der Waals surface area contributed by atoms with Gasteiger partial charge in [0.1, 0.15) is 0 Å². The second kappa shape index (κ2) is 3.49. The summed E-state index contributed by atoms with van der Waals surface area (Å²) in [6.45, 7) is 4.24. The monoisotopic (exact) mass is 205 g/mol. The SMILES string of the molecule is CNc1nc(C(C)C)c2cn(C)nc2n1. The zero-order valence-electron chi connectivity index (χ0n) is 9.44. The molecule has 0 saturated carbocycles. The number of rotatable bonds is 2. The van der Waals surface area contributed by atoms with Crippen molar-refractivity contribution >= 4 is 17.0 Å². The molecule has 5 nitrogen and oxygen atoms in total. The first kappa shape index (κ1) is 9.89. The van der Waals surface area contributed by atoms with E-state index in [1.165, 1.54) is 0 Å².